The standard InChI is InChI=1S/C23H24F2N2O/c1-12-7-17-18(8-13(12)2)27-22(15-9-14(24)5-6-16(15)25)21-19(26-17)10-23(3,4)11-20(21)28/h5-9,21-22,27H,10-11H2,1-4H3. The molecule has 2 aromatic carbocycles. The van der Waals surface area contributed by atoms with Crippen molar-refractivity contribution in [2.24, 2.45) is 16.3 Å². The summed E-state index contributed by atoms with van der Waals surface area (Å²) >= 11 is 0. The minimum atomic E-state index is -0.693. The highest BCUT2D eigenvalue weighted by molar-refractivity contribution is 6.10. The predicted octanol–water partition coefficient (Wildman–Crippen LogP) is 5.83. The van der Waals surface area contributed by atoms with Gasteiger partial charge in [-0.05, 0) is 67.1 Å². The zero-order chi connectivity index (χ0) is 20.2. The van der Waals surface area contributed by atoms with Gasteiger partial charge < -0.3 is 5.32 Å². The Morgan fingerprint density at radius 1 is 1.07 bits per heavy atom. The number of hydrogen-bond acceptors (Lipinski definition) is 3. The Kier molecular flexibility index (Phi) is 4.36. The van der Waals surface area contributed by atoms with E-state index < -0.39 is 23.6 Å². The lowest BCUT2D eigenvalue weighted by molar-refractivity contribution is -0.124. The SMILES string of the molecule is Cc1cc2c(cc1C)NC(c1cc(F)ccc1F)C1C(=O)CC(C)(C)CC1=N2. The maximum Gasteiger partial charge on any atom is 0.144 e. The van der Waals surface area contributed by atoms with Crippen molar-refractivity contribution in [1.82, 2.24) is 0 Å². The van der Waals surface area contributed by atoms with Crippen LogP contribution in [0.4, 0.5) is 20.2 Å². The number of aliphatic imine (C=N–C) groups is 1. The zero-order valence-electron chi connectivity index (χ0n) is 16.6. The fraction of sp³-hybridized carbons (Fsp3) is 0.391. The number of carbonyl (C=O) groups excluding carboxylic acids is 1. The Morgan fingerprint density at radius 2 is 1.79 bits per heavy atom. The maximum atomic E-state index is 14.7. The average molecular weight is 382 g/mol. The number of halogens is 2. The summed E-state index contributed by atoms with van der Waals surface area (Å²) in [5, 5.41) is 3.33. The number of benzene rings is 2. The van der Waals surface area contributed by atoms with E-state index in [1.165, 1.54) is 6.07 Å². The van der Waals surface area contributed by atoms with E-state index in [0.717, 1.165) is 40.3 Å². The minimum absolute atomic E-state index is 0.0115. The third-order valence-electron chi connectivity index (χ3n) is 5.83. The Morgan fingerprint density at radius 3 is 2.54 bits per heavy atom. The number of nitrogens with zero attached hydrogens (tertiary/aromatic N) is 1. The second-order valence-electron chi connectivity index (χ2n) is 8.81. The maximum absolute atomic E-state index is 14.7. The highest BCUT2D eigenvalue weighted by atomic mass is 19.1. The molecular weight excluding hydrogens is 358 g/mol. The Hall–Kier alpha value is -2.56. The smallest absolute Gasteiger partial charge is 0.144 e. The minimum Gasteiger partial charge on any atom is -0.375 e. The molecule has 4 rings (SSSR count). The molecule has 0 aromatic heterocycles. The van der Waals surface area contributed by atoms with Crippen LogP contribution in [0.15, 0.2) is 35.3 Å². The topological polar surface area (TPSA) is 41.5 Å². The van der Waals surface area contributed by atoms with E-state index in [4.69, 9.17) is 4.99 Å². The molecule has 2 aromatic rings. The monoisotopic (exact) mass is 382 g/mol. The molecule has 1 heterocycles. The molecule has 2 unspecified atom stereocenters. The van der Waals surface area contributed by atoms with Crippen LogP contribution in [0.2, 0.25) is 0 Å². The van der Waals surface area contributed by atoms with E-state index in [1.54, 1.807) is 0 Å². The first-order chi connectivity index (χ1) is 13.1. The highest BCUT2D eigenvalue weighted by Gasteiger charge is 2.44. The molecule has 146 valence electrons. The lowest BCUT2D eigenvalue weighted by atomic mass is 9.68. The third-order valence-corrected chi connectivity index (χ3v) is 5.83. The van der Waals surface area contributed by atoms with Crippen molar-refractivity contribution >= 4 is 22.9 Å². The van der Waals surface area contributed by atoms with E-state index >= 15 is 0 Å². The van der Waals surface area contributed by atoms with E-state index in [2.05, 4.69) is 5.32 Å². The molecule has 3 nitrogen and oxygen atoms in total. The number of fused-ring (bicyclic) bond motifs is 2. The fourth-order valence-corrected chi connectivity index (χ4v) is 4.34. The molecule has 1 fully saturated rings. The molecule has 0 bridgehead atoms. The largest absolute Gasteiger partial charge is 0.375 e. The van der Waals surface area contributed by atoms with Gasteiger partial charge in [0.15, 0.2) is 0 Å². The van der Waals surface area contributed by atoms with Gasteiger partial charge in [-0.25, -0.2) is 8.78 Å². The normalized spacial score (nSPS) is 23.2. The van der Waals surface area contributed by atoms with Crippen LogP contribution in [0.1, 0.15) is 49.4 Å². The highest BCUT2D eigenvalue weighted by Crippen LogP contribution is 2.46. The van der Waals surface area contributed by atoms with Gasteiger partial charge in [-0.15, -0.1) is 0 Å². The predicted molar refractivity (Wildman–Crippen MR) is 107 cm³/mol. The second kappa shape index (κ2) is 6.50. The van der Waals surface area contributed by atoms with Crippen LogP contribution in [0.3, 0.4) is 0 Å². The van der Waals surface area contributed by atoms with Gasteiger partial charge >= 0.3 is 0 Å². The number of anilines is 1. The number of rotatable bonds is 1. The summed E-state index contributed by atoms with van der Waals surface area (Å²) in [5.74, 6) is -1.65. The summed E-state index contributed by atoms with van der Waals surface area (Å²) in [6, 6.07) is 6.65. The summed E-state index contributed by atoms with van der Waals surface area (Å²) in [5.41, 5.74) is 4.35. The summed E-state index contributed by atoms with van der Waals surface area (Å²) in [7, 11) is 0. The van der Waals surface area contributed by atoms with Crippen molar-refractivity contribution in [1.29, 1.82) is 0 Å². The summed E-state index contributed by atoms with van der Waals surface area (Å²) in [6.45, 7) is 8.09. The molecule has 0 saturated heterocycles. The summed E-state index contributed by atoms with van der Waals surface area (Å²) in [4.78, 5) is 18.0. The van der Waals surface area contributed by atoms with E-state index in [-0.39, 0.29) is 16.8 Å². The van der Waals surface area contributed by atoms with E-state index in [9.17, 15) is 13.6 Å². The van der Waals surface area contributed by atoms with Crippen molar-refractivity contribution < 1.29 is 13.6 Å². The van der Waals surface area contributed by atoms with Gasteiger partial charge in [-0.3, -0.25) is 9.79 Å². The Labute approximate surface area is 163 Å². The molecule has 1 aliphatic carbocycles. The quantitative estimate of drug-likeness (QED) is 0.674. The zero-order valence-corrected chi connectivity index (χ0v) is 16.6. The molecular formula is C23H24F2N2O. The van der Waals surface area contributed by atoms with Crippen molar-refractivity contribution in [3.63, 3.8) is 0 Å². The van der Waals surface area contributed by atoms with Gasteiger partial charge in [0.05, 0.1) is 23.3 Å². The van der Waals surface area contributed by atoms with Gasteiger partial charge in [-0.2, -0.15) is 0 Å². The van der Waals surface area contributed by atoms with Gasteiger partial charge in [0, 0.05) is 17.7 Å². The van der Waals surface area contributed by atoms with Crippen LogP contribution in [-0.4, -0.2) is 11.5 Å². The van der Waals surface area contributed by atoms with E-state index in [0.29, 0.717) is 12.8 Å². The van der Waals surface area contributed by atoms with Crippen molar-refractivity contribution in [3.8, 4) is 0 Å². The molecule has 2 aliphatic rings. The average Bonchev–Trinajstić information content (AvgIpc) is 2.73. The molecule has 5 heteroatoms. The number of ketones is 1. The first-order valence-electron chi connectivity index (χ1n) is 9.57. The molecule has 2 atom stereocenters. The van der Waals surface area contributed by atoms with Crippen LogP contribution >= 0.6 is 0 Å². The van der Waals surface area contributed by atoms with E-state index in [1.807, 2.05) is 39.8 Å². The van der Waals surface area contributed by atoms with Crippen molar-refractivity contribution in [3.05, 3.63) is 58.7 Å². The first kappa shape index (κ1) is 18.8. The van der Waals surface area contributed by atoms with Crippen molar-refractivity contribution in [2.75, 3.05) is 5.32 Å². The number of Topliss-reactive ketones (excluding diaryl/α,β-unsaturated/α-hetero) is 1. The van der Waals surface area contributed by atoms with Crippen LogP contribution < -0.4 is 5.32 Å². The molecule has 0 amide bonds. The number of hydrogen-bond donors (Lipinski definition) is 1. The van der Waals surface area contributed by atoms with Crippen LogP contribution in [0, 0.1) is 36.8 Å². The summed E-state index contributed by atoms with van der Waals surface area (Å²) in [6.07, 6.45) is 1.03. The molecule has 0 spiro atoms. The van der Waals surface area contributed by atoms with Crippen LogP contribution in [0.5, 0.6) is 0 Å². The number of carbonyl (C=O) groups is 1. The Bertz CT molecular complexity index is 1010. The molecule has 1 saturated carbocycles. The van der Waals surface area contributed by atoms with Crippen LogP contribution in [-0.2, 0) is 4.79 Å². The van der Waals surface area contributed by atoms with Crippen molar-refractivity contribution in [2.45, 2.75) is 46.6 Å². The third kappa shape index (κ3) is 3.23. The molecule has 1 aliphatic heterocycles. The summed E-state index contributed by atoms with van der Waals surface area (Å²) < 4.78 is 28.6. The molecule has 28 heavy (non-hydrogen) atoms. The lowest BCUT2D eigenvalue weighted by Crippen LogP contribution is -2.42. The molecule has 0 radical (unpaired) electrons. The van der Waals surface area contributed by atoms with Gasteiger partial charge in [0.1, 0.15) is 17.4 Å². The first-order valence-corrected chi connectivity index (χ1v) is 9.57. The number of aryl methyl sites for hydroxylation is 2. The van der Waals surface area contributed by atoms with Gasteiger partial charge in [0.25, 0.3) is 0 Å². The second-order valence-corrected chi connectivity index (χ2v) is 8.81. The lowest BCUT2D eigenvalue weighted by Gasteiger charge is -2.37. The molecule has 1 N–H and O–H groups in total. The van der Waals surface area contributed by atoms with Crippen LogP contribution in [0.25, 0.3) is 0 Å². The number of nitrogens with one attached hydrogen (secondary N) is 1. The fourth-order valence-electron chi connectivity index (χ4n) is 4.34. The van der Waals surface area contributed by atoms with Gasteiger partial charge in [-0.1, -0.05) is 13.8 Å². The Balaban J connectivity index is 1.93. The van der Waals surface area contributed by atoms with Gasteiger partial charge in [0.2, 0.25) is 0 Å².